The quantitative estimate of drug-likeness (QED) is 0.844. The van der Waals surface area contributed by atoms with E-state index in [9.17, 15) is 9.90 Å². The monoisotopic (exact) mass is 386 g/mol. The standard InChI is InChI=1S/C20H23ClN4O2/c21-15-5-3-14(4-6-15)20(8-1-9-20)18(27)25-12-7-16(17(26)13-25)24-19-22-10-2-11-23-19/h2-6,10-11,16-17,26H,1,7-9,12-13H2,(H,22,23,24)/t16-,17-/m1/s1. The van der Waals surface area contributed by atoms with E-state index in [4.69, 9.17) is 11.6 Å². The van der Waals surface area contributed by atoms with Crippen LogP contribution in [-0.4, -0.2) is 51.1 Å². The summed E-state index contributed by atoms with van der Waals surface area (Å²) in [6.45, 7) is 0.925. The van der Waals surface area contributed by atoms with E-state index in [-0.39, 0.29) is 11.9 Å². The number of rotatable bonds is 4. The molecule has 2 fully saturated rings. The summed E-state index contributed by atoms with van der Waals surface area (Å²) in [6.07, 6.45) is 6.05. The van der Waals surface area contributed by atoms with E-state index in [0.717, 1.165) is 24.8 Å². The maximum atomic E-state index is 13.3. The number of aliphatic hydroxyl groups excluding tert-OH is 1. The third-order valence-electron chi connectivity index (χ3n) is 5.76. The number of hydrogen-bond acceptors (Lipinski definition) is 5. The number of amides is 1. The van der Waals surface area contributed by atoms with Crippen molar-refractivity contribution in [3.63, 3.8) is 0 Å². The average molecular weight is 387 g/mol. The van der Waals surface area contributed by atoms with Crippen LogP contribution in [0.3, 0.4) is 0 Å². The molecule has 1 aromatic heterocycles. The van der Waals surface area contributed by atoms with E-state index in [0.29, 0.717) is 30.5 Å². The average Bonchev–Trinajstić information content (AvgIpc) is 2.65. The summed E-state index contributed by atoms with van der Waals surface area (Å²) in [7, 11) is 0. The minimum absolute atomic E-state index is 0.115. The lowest BCUT2D eigenvalue weighted by molar-refractivity contribution is -0.144. The molecule has 0 spiro atoms. The highest BCUT2D eigenvalue weighted by Gasteiger charge is 2.48. The molecule has 2 aliphatic rings. The highest BCUT2D eigenvalue weighted by Crippen LogP contribution is 2.45. The molecule has 7 heteroatoms. The Balaban J connectivity index is 1.45. The van der Waals surface area contributed by atoms with Crippen LogP contribution >= 0.6 is 11.6 Å². The number of aliphatic hydroxyl groups is 1. The highest BCUT2D eigenvalue weighted by molar-refractivity contribution is 6.30. The van der Waals surface area contributed by atoms with Crippen molar-refractivity contribution < 1.29 is 9.90 Å². The van der Waals surface area contributed by atoms with Crippen LogP contribution in [-0.2, 0) is 10.2 Å². The Kier molecular flexibility index (Phi) is 5.02. The minimum atomic E-state index is -0.658. The molecule has 142 valence electrons. The smallest absolute Gasteiger partial charge is 0.233 e. The first-order valence-corrected chi connectivity index (χ1v) is 9.73. The lowest BCUT2D eigenvalue weighted by Crippen LogP contribution is -2.58. The number of benzene rings is 1. The molecule has 0 unspecified atom stereocenters. The number of anilines is 1. The van der Waals surface area contributed by atoms with E-state index in [2.05, 4.69) is 15.3 Å². The Labute approximate surface area is 163 Å². The van der Waals surface area contributed by atoms with E-state index in [1.54, 1.807) is 18.5 Å². The largest absolute Gasteiger partial charge is 0.389 e. The van der Waals surface area contributed by atoms with Crippen molar-refractivity contribution in [1.82, 2.24) is 14.9 Å². The predicted octanol–water partition coefficient (Wildman–Crippen LogP) is 2.63. The van der Waals surface area contributed by atoms with Gasteiger partial charge in [0.2, 0.25) is 11.9 Å². The maximum absolute atomic E-state index is 13.3. The van der Waals surface area contributed by atoms with E-state index < -0.39 is 11.5 Å². The minimum Gasteiger partial charge on any atom is -0.389 e. The number of nitrogens with one attached hydrogen (secondary N) is 1. The molecule has 0 bridgehead atoms. The van der Waals surface area contributed by atoms with Gasteiger partial charge in [-0.05, 0) is 43.0 Å². The molecular weight excluding hydrogens is 364 g/mol. The summed E-state index contributed by atoms with van der Waals surface area (Å²) in [4.78, 5) is 23.4. The Hall–Kier alpha value is -2.18. The summed E-state index contributed by atoms with van der Waals surface area (Å²) in [5.41, 5.74) is 0.559. The van der Waals surface area contributed by atoms with Gasteiger partial charge in [-0.25, -0.2) is 9.97 Å². The van der Waals surface area contributed by atoms with Gasteiger partial charge in [0.1, 0.15) is 0 Å². The van der Waals surface area contributed by atoms with Crippen molar-refractivity contribution in [1.29, 1.82) is 0 Å². The molecule has 27 heavy (non-hydrogen) atoms. The van der Waals surface area contributed by atoms with E-state index >= 15 is 0 Å². The van der Waals surface area contributed by atoms with Crippen molar-refractivity contribution in [2.45, 2.75) is 43.2 Å². The number of hydrogen-bond donors (Lipinski definition) is 2. The molecule has 1 aliphatic carbocycles. The van der Waals surface area contributed by atoms with Crippen LogP contribution in [0.4, 0.5) is 5.95 Å². The van der Waals surface area contributed by atoms with Gasteiger partial charge in [0, 0.05) is 30.5 Å². The molecule has 2 heterocycles. The van der Waals surface area contributed by atoms with Gasteiger partial charge in [-0.3, -0.25) is 4.79 Å². The van der Waals surface area contributed by atoms with Gasteiger partial charge in [-0.1, -0.05) is 30.2 Å². The number of carbonyl (C=O) groups excluding carboxylic acids is 1. The maximum Gasteiger partial charge on any atom is 0.233 e. The summed E-state index contributed by atoms with van der Waals surface area (Å²) in [6, 6.07) is 9.18. The Morgan fingerprint density at radius 3 is 2.52 bits per heavy atom. The van der Waals surface area contributed by atoms with Gasteiger partial charge >= 0.3 is 0 Å². The third kappa shape index (κ3) is 3.51. The second-order valence-electron chi connectivity index (χ2n) is 7.37. The molecule has 2 aromatic rings. The highest BCUT2D eigenvalue weighted by atomic mass is 35.5. The normalized spacial score (nSPS) is 24.1. The molecule has 0 radical (unpaired) electrons. The first-order valence-electron chi connectivity index (χ1n) is 9.35. The second-order valence-corrected chi connectivity index (χ2v) is 7.81. The van der Waals surface area contributed by atoms with Gasteiger partial charge in [-0.15, -0.1) is 0 Å². The fourth-order valence-corrected chi connectivity index (χ4v) is 4.18. The predicted molar refractivity (Wildman–Crippen MR) is 104 cm³/mol. The number of nitrogens with zero attached hydrogens (tertiary/aromatic N) is 3. The zero-order chi connectivity index (χ0) is 18.9. The number of halogens is 1. The van der Waals surface area contributed by atoms with Crippen molar-refractivity contribution in [2.24, 2.45) is 0 Å². The van der Waals surface area contributed by atoms with Crippen LogP contribution < -0.4 is 5.32 Å². The van der Waals surface area contributed by atoms with Gasteiger partial charge in [0.15, 0.2) is 0 Å². The molecule has 4 rings (SSSR count). The number of β-amino-alcohol motifs (C(OH)–C–C–N with tert-alkyl or cyclic N) is 1. The van der Waals surface area contributed by atoms with Crippen molar-refractivity contribution >= 4 is 23.5 Å². The molecule has 1 amide bonds. The zero-order valence-corrected chi connectivity index (χ0v) is 15.8. The first-order chi connectivity index (χ1) is 13.1. The van der Waals surface area contributed by atoms with Gasteiger partial charge in [-0.2, -0.15) is 0 Å². The number of carbonyl (C=O) groups is 1. The van der Waals surface area contributed by atoms with Gasteiger partial charge in [0.05, 0.1) is 17.6 Å². The van der Waals surface area contributed by atoms with Crippen molar-refractivity contribution in [3.8, 4) is 0 Å². The van der Waals surface area contributed by atoms with Crippen LogP contribution in [0.5, 0.6) is 0 Å². The molecule has 1 saturated carbocycles. The van der Waals surface area contributed by atoms with Gasteiger partial charge < -0.3 is 15.3 Å². The number of likely N-dealkylation sites (tertiary alicyclic amines) is 1. The SMILES string of the molecule is O=C(N1CC[C@@H](Nc2ncccn2)[C@H](O)C1)C1(c2ccc(Cl)cc2)CCC1. The van der Waals surface area contributed by atoms with Crippen LogP contribution in [0.2, 0.25) is 5.02 Å². The van der Waals surface area contributed by atoms with Crippen LogP contribution in [0.1, 0.15) is 31.2 Å². The summed E-state index contributed by atoms with van der Waals surface area (Å²) in [5, 5.41) is 14.4. The summed E-state index contributed by atoms with van der Waals surface area (Å²) in [5.74, 6) is 0.613. The molecule has 1 aliphatic heterocycles. The topological polar surface area (TPSA) is 78.4 Å². The zero-order valence-electron chi connectivity index (χ0n) is 15.0. The third-order valence-corrected chi connectivity index (χ3v) is 6.01. The fraction of sp³-hybridized carbons (Fsp3) is 0.450. The summed E-state index contributed by atoms with van der Waals surface area (Å²) >= 11 is 6.01. The lowest BCUT2D eigenvalue weighted by Gasteiger charge is -2.46. The van der Waals surface area contributed by atoms with Crippen molar-refractivity contribution in [3.05, 3.63) is 53.3 Å². The molecule has 1 aromatic carbocycles. The Bertz CT molecular complexity index is 795. The van der Waals surface area contributed by atoms with E-state index in [1.807, 2.05) is 29.2 Å². The van der Waals surface area contributed by atoms with Crippen LogP contribution in [0.15, 0.2) is 42.7 Å². The van der Waals surface area contributed by atoms with Crippen LogP contribution in [0.25, 0.3) is 0 Å². The van der Waals surface area contributed by atoms with Crippen LogP contribution in [0, 0.1) is 0 Å². The summed E-state index contributed by atoms with van der Waals surface area (Å²) < 4.78 is 0. The molecule has 6 nitrogen and oxygen atoms in total. The Morgan fingerprint density at radius 2 is 1.93 bits per heavy atom. The molecule has 2 atom stereocenters. The fourth-order valence-electron chi connectivity index (χ4n) is 4.05. The van der Waals surface area contributed by atoms with E-state index in [1.165, 1.54) is 0 Å². The Morgan fingerprint density at radius 1 is 1.22 bits per heavy atom. The first kappa shape index (κ1) is 18.2. The molecule has 1 saturated heterocycles. The molecular formula is C20H23ClN4O2. The second kappa shape index (κ2) is 7.44. The van der Waals surface area contributed by atoms with Crippen molar-refractivity contribution in [2.75, 3.05) is 18.4 Å². The molecule has 2 N–H and O–H groups in total. The lowest BCUT2D eigenvalue weighted by atomic mass is 9.63. The van der Waals surface area contributed by atoms with Gasteiger partial charge in [0.25, 0.3) is 0 Å². The number of piperidine rings is 1. The number of aromatic nitrogens is 2.